The van der Waals surface area contributed by atoms with Crippen LogP contribution in [0.15, 0.2) is 24.3 Å². The van der Waals surface area contributed by atoms with E-state index in [0.29, 0.717) is 12.4 Å². The number of hydrogen-bond acceptors (Lipinski definition) is 8. The largest absolute Gasteiger partial charge is 0.543 e. The highest BCUT2D eigenvalue weighted by Gasteiger charge is 2.14. The molecule has 0 aliphatic carbocycles. The molecule has 1 aromatic carbocycles. The molecule has 0 aliphatic heterocycles. The normalized spacial score (nSPS) is 11.4. The van der Waals surface area contributed by atoms with Gasteiger partial charge in [-0.3, -0.25) is 4.89 Å². The molecule has 0 aromatic heterocycles. The number of hydrogen-bond donors (Lipinski definition) is 0. The molecule has 0 heterocycles. The van der Waals surface area contributed by atoms with Gasteiger partial charge in [0.25, 0.3) is 0 Å². The van der Waals surface area contributed by atoms with Gasteiger partial charge >= 0.3 is 12.1 Å². The van der Waals surface area contributed by atoms with Gasteiger partial charge in [0.05, 0.1) is 23.8 Å². The van der Waals surface area contributed by atoms with Crippen molar-refractivity contribution in [3.8, 4) is 5.75 Å². The van der Waals surface area contributed by atoms with Crippen LogP contribution in [-0.2, 0) is 24.3 Å². The number of carbonyl (C=O) groups excluding carboxylic acids is 2. The van der Waals surface area contributed by atoms with E-state index >= 15 is 0 Å². The molecule has 0 amide bonds. The highest BCUT2D eigenvalue weighted by molar-refractivity contribution is 5.89. The molecule has 0 spiro atoms. The molecule has 1 rings (SSSR count). The van der Waals surface area contributed by atoms with Crippen LogP contribution >= 0.6 is 0 Å². The first kappa shape index (κ1) is 17.7. The molecule has 1 atom stereocenters. The molecule has 1 aromatic rings. The summed E-state index contributed by atoms with van der Waals surface area (Å²) in [7, 11) is 1.46. The van der Waals surface area contributed by atoms with Crippen molar-refractivity contribution in [2.24, 2.45) is 0 Å². The SMILES string of the molecule is CCOc1ccc(C(=O)OOOC(=O)OC(C)COC)cc1. The van der Waals surface area contributed by atoms with Crippen molar-refractivity contribution in [1.82, 2.24) is 0 Å². The van der Waals surface area contributed by atoms with E-state index in [1.165, 1.54) is 19.2 Å². The van der Waals surface area contributed by atoms with Crippen molar-refractivity contribution < 1.29 is 38.6 Å². The Hall–Kier alpha value is -2.32. The van der Waals surface area contributed by atoms with Crippen molar-refractivity contribution in [2.75, 3.05) is 20.3 Å². The molecular weight excluding hydrogens is 296 g/mol. The second kappa shape index (κ2) is 9.59. The summed E-state index contributed by atoms with van der Waals surface area (Å²) in [5.74, 6) is -0.215. The van der Waals surface area contributed by atoms with Crippen molar-refractivity contribution in [1.29, 1.82) is 0 Å². The maximum Gasteiger partial charge on any atom is 0.543 e. The fourth-order valence-electron chi connectivity index (χ4n) is 1.43. The van der Waals surface area contributed by atoms with E-state index in [0.717, 1.165) is 0 Å². The Morgan fingerprint density at radius 1 is 1.14 bits per heavy atom. The van der Waals surface area contributed by atoms with E-state index in [9.17, 15) is 9.59 Å². The lowest BCUT2D eigenvalue weighted by Gasteiger charge is -2.10. The van der Waals surface area contributed by atoms with Gasteiger partial charge in [-0.05, 0) is 38.1 Å². The van der Waals surface area contributed by atoms with Gasteiger partial charge in [0.1, 0.15) is 11.9 Å². The number of ether oxygens (including phenoxy) is 3. The number of rotatable bonds is 8. The number of methoxy groups -OCH3 is 1. The van der Waals surface area contributed by atoms with Crippen LogP contribution in [0.5, 0.6) is 5.75 Å². The predicted molar refractivity (Wildman–Crippen MR) is 73.0 cm³/mol. The summed E-state index contributed by atoms with van der Waals surface area (Å²) in [6, 6.07) is 6.16. The molecule has 0 aliphatic rings. The molecule has 8 nitrogen and oxygen atoms in total. The smallest absolute Gasteiger partial charge is 0.494 e. The van der Waals surface area contributed by atoms with Crippen molar-refractivity contribution in [3.63, 3.8) is 0 Å². The third-order valence-corrected chi connectivity index (χ3v) is 2.31. The van der Waals surface area contributed by atoms with Crippen LogP contribution in [0.1, 0.15) is 24.2 Å². The standard InChI is InChI=1S/C14H18O8/c1-4-18-12-7-5-11(6-8-12)13(15)20-22-21-14(16)19-10(2)9-17-3/h5-8,10H,4,9H2,1-3H3. The molecule has 122 valence electrons. The first-order valence-corrected chi connectivity index (χ1v) is 6.54. The Bertz CT molecular complexity index is 470. The van der Waals surface area contributed by atoms with Crippen LogP contribution in [0, 0.1) is 0 Å². The summed E-state index contributed by atoms with van der Waals surface area (Å²) < 4.78 is 14.7. The maximum atomic E-state index is 11.6. The highest BCUT2D eigenvalue weighted by Crippen LogP contribution is 2.13. The molecular formula is C14H18O8. The number of benzene rings is 1. The van der Waals surface area contributed by atoms with E-state index in [1.807, 2.05) is 6.92 Å². The third kappa shape index (κ3) is 6.42. The molecule has 0 saturated carbocycles. The van der Waals surface area contributed by atoms with Crippen LogP contribution in [0.4, 0.5) is 4.79 Å². The Morgan fingerprint density at radius 2 is 1.82 bits per heavy atom. The maximum absolute atomic E-state index is 11.6. The summed E-state index contributed by atoms with van der Waals surface area (Å²) in [6.45, 7) is 4.15. The van der Waals surface area contributed by atoms with Gasteiger partial charge in [-0.15, -0.1) is 0 Å². The molecule has 0 bridgehead atoms. The fourth-order valence-corrected chi connectivity index (χ4v) is 1.43. The molecule has 0 N–H and O–H groups in total. The average molecular weight is 314 g/mol. The summed E-state index contributed by atoms with van der Waals surface area (Å²) in [5, 5.41) is 4.07. The summed E-state index contributed by atoms with van der Waals surface area (Å²) in [4.78, 5) is 31.1. The summed E-state index contributed by atoms with van der Waals surface area (Å²) in [6.07, 6.45) is -1.67. The van der Waals surface area contributed by atoms with Gasteiger partial charge < -0.3 is 14.2 Å². The zero-order valence-corrected chi connectivity index (χ0v) is 12.6. The minimum atomic E-state index is -1.15. The van der Waals surface area contributed by atoms with Gasteiger partial charge in [-0.25, -0.2) is 14.5 Å². The van der Waals surface area contributed by atoms with Crippen molar-refractivity contribution in [3.05, 3.63) is 29.8 Å². The Balaban J connectivity index is 2.32. The second-order valence-electron chi connectivity index (χ2n) is 4.11. The lowest BCUT2D eigenvalue weighted by atomic mass is 10.2. The quantitative estimate of drug-likeness (QED) is 0.410. The summed E-state index contributed by atoms with van der Waals surface area (Å²) in [5.41, 5.74) is 0.202. The monoisotopic (exact) mass is 314 g/mol. The topological polar surface area (TPSA) is 89.5 Å². The van der Waals surface area contributed by atoms with Crippen LogP contribution in [-0.4, -0.2) is 38.6 Å². The summed E-state index contributed by atoms with van der Waals surface area (Å²) >= 11 is 0. The van der Waals surface area contributed by atoms with Crippen molar-refractivity contribution >= 4 is 12.1 Å². The van der Waals surface area contributed by atoms with E-state index in [1.54, 1.807) is 19.1 Å². The van der Waals surface area contributed by atoms with Gasteiger partial charge in [0.15, 0.2) is 0 Å². The van der Waals surface area contributed by atoms with Gasteiger partial charge in [0, 0.05) is 7.11 Å². The third-order valence-electron chi connectivity index (χ3n) is 2.31. The number of carbonyl (C=O) groups is 2. The Labute approximate surface area is 127 Å². The Kier molecular flexibility index (Phi) is 7.73. The molecule has 0 radical (unpaired) electrons. The van der Waals surface area contributed by atoms with E-state index in [2.05, 4.69) is 14.8 Å². The van der Waals surface area contributed by atoms with Crippen LogP contribution in [0.25, 0.3) is 0 Å². The van der Waals surface area contributed by atoms with Gasteiger partial charge in [-0.1, -0.05) is 0 Å². The van der Waals surface area contributed by atoms with E-state index in [4.69, 9.17) is 14.2 Å². The van der Waals surface area contributed by atoms with Crippen LogP contribution in [0.3, 0.4) is 0 Å². The van der Waals surface area contributed by atoms with Crippen LogP contribution in [0.2, 0.25) is 0 Å². The minimum absolute atomic E-state index is 0.196. The highest BCUT2D eigenvalue weighted by atomic mass is 17.5. The zero-order chi connectivity index (χ0) is 16.4. The molecule has 0 saturated heterocycles. The first-order chi connectivity index (χ1) is 10.6. The minimum Gasteiger partial charge on any atom is -0.494 e. The van der Waals surface area contributed by atoms with E-state index in [-0.39, 0.29) is 12.2 Å². The molecule has 0 fully saturated rings. The van der Waals surface area contributed by atoms with Gasteiger partial charge in [0.2, 0.25) is 0 Å². The fraction of sp³-hybridized carbons (Fsp3) is 0.429. The first-order valence-electron chi connectivity index (χ1n) is 6.54. The lowest BCUT2D eigenvalue weighted by Crippen LogP contribution is -2.21. The molecule has 22 heavy (non-hydrogen) atoms. The van der Waals surface area contributed by atoms with Crippen LogP contribution < -0.4 is 4.74 Å². The second-order valence-corrected chi connectivity index (χ2v) is 4.11. The van der Waals surface area contributed by atoms with Gasteiger partial charge in [-0.2, -0.15) is 0 Å². The van der Waals surface area contributed by atoms with Crippen molar-refractivity contribution in [2.45, 2.75) is 20.0 Å². The lowest BCUT2D eigenvalue weighted by molar-refractivity contribution is -0.453. The predicted octanol–water partition coefficient (Wildman–Crippen LogP) is 2.28. The molecule has 1 unspecified atom stereocenters. The zero-order valence-electron chi connectivity index (χ0n) is 12.6. The average Bonchev–Trinajstić information content (AvgIpc) is 2.48. The Morgan fingerprint density at radius 3 is 2.41 bits per heavy atom. The molecule has 8 heteroatoms. The van der Waals surface area contributed by atoms with E-state index < -0.39 is 18.2 Å².